The Hall–Kier alpha value is -5.86. The van der Waals surface area contributed by atoms with Crippen molar-refractivity contribution in [3.05, 3.63) is 128 Å². The number of fused-ring (bicyclic) bond motifs is 2. The number of hydrogen-bond acceptors (Lipinski definition) is 6. The highest BCUT2D eigenvalue weighted by Gasteiger charge is 2.29. The molecule has 6 rings (SSSR count). The molecule has 10 nitrogen and oxygen atoms in total. The summed E-state index contributed by atoms with van der Waals surface area (Å²) in [7, 11) is 1.10. The molecule has 2 aromatic heterocycles. The predicted molar refractivity (Wildman–Crippen MR) is 186 cm³/mol. The average molecular weight is 774 g/mol. The van der Waals surface area contributed by atoms with Gasteiger partial charge in [0.1, 0.15) is 0 Å². The Morgan fingerprint density at radius 2 is 1.04 bits per heavy atom. The van der Waals surface area contributed by atoms with Gasteiger partial charge < -0.3 is 20.1 Å². The number of phenolic OH excluding ortho intramolecular Hbond substituents is 1. The lowest BCUT2D eigenvalue weighted by molar-refractivity contribution is -0.137. The van der Waals surface area contributed by atoms with Crippen molar-refractivity contribution in [2.24, 2.45) is 0 Å². The van der Waals surface area contributed by atoms with Crippen LogP contribution < -0.4 is 4.74 Å². The van der Waals surface area contributed by atoms with Crippen molar-refractivity contribution >= 4 is 68.8 Å². The maximum Gasteiger partial charge on any atom is 0.307 e. The third-order valence-electron chi connectivity index (χ3n) is 8.41. The van der Waals surface area contributed by atoms with Crippen LogP contribution in [0, 0.1) is 37.1 Å². The van der Waals surface area contributed by atoms with Gasteiger partial charge in [-0.2, -0.15) is 0 Å². The summed E-state index contributed by atoms with van der Waals surface area (Å²) in [5, 5.41) is 28.2. The topological polar surface area (TPSA) is 148 Å². The van der Waals surface area contributed by atoms with Gasteiger partial charge >= 0.3 is 11.9 Å². The van der Waals surface area contributed by atoms with Crippen LogP contribution in [-0.4, -0.2) is 55.3 Å². The number of carbonyl (C=O) groups excluding carboxylic acids is 2. The summed E-state index contributed by atoms with van der Waals surface area (Å²) in [6, 6.07) is 13.6. The lowest BCUT2D eigenvalue weighted by Gasteiger charge is -2.09. The van der Waals surface area contributed by atoms with Gasteiger partial charge in [-0.05, 0) is 73.5 Å². The minimum Gasteiger partial charge on any atom is -0.503 e. The fraction of sp³-hybridized carbons (Fsp3) is 0.135. The normalized spacial score (nSPS) is 11.0. The number of phenols is 1. The lowest BCUT2D eigenvalue weighted by Crippen LogP contribution is -2.14. The Kier molecular flexibility index (Phi) is 10.9. The Morgan fingerprint density at radius 3 is 1.42 bits per heavy atom. The first-order valence-electron chi connectivity index (χ1n) is 15.3. The number of nitrogens with zero attached hydrogens (tertiary/aromatic N) is 2. The molecule has 0 atom stereocenters. The van der Waals surface area contributed by atoms with Crippen molar-refractivity contribution in [2.75, 3.05) is 7.11 Å². The van der Waals surface area contributed by atoms with Crippen molar-refractivity contribution in [1.82, 2.24) is 9.13 Å². The third-order valence-corrected chi connectivity index (χ3v) is 8.91. The van der Waals surface area contributed by atoms with Crippen LogP contribution >= 0.6 is 23.2 Å². The van der Waals surface area contributed by atoms with Crippen molar-refractivity contribution in [2.45, 2.75) is 26.7 Å². The number of hydrogen-bond donors (Lipinski definition) is 3. The van der Waals surface area contributed by atoms with Gasteiger partial charge in [-0.15, -0.1) is 0 Å². The quantitative estimate of drug-likeness (QED) is 0.138. The number of ether oxygens (including phenoxy) is 1. The first-order valence-corrected chi connectivity index (χ1v) is 16.0. The van der Waals surface area contributed by atoms with Crippen molar-refractivity contribution < 1.29 is 56.8 Å². The highest BCUT2D eigenvalue weighted by Crippen LogP contribution is 2.37. The smallest absolute Gasteiger partial charge is 0.307 e. The summed E-state index contributed by atoms with van der Waals surface area (Å²) in [6.07, 6.45) is -1.12. The Bertz CT molecular complexity index is 2480. The van der Waals surface area contributed by atoms with E-state index in [1.165, 1.54) is 62.4 Å². The number of rotatable bonds is 7. The third kappa shape index (κ3) is 7.15. The fourth-order valence-electron chi connectivity index (χ4n) is 5.99. The number of aliphatic carboxylic acids is 2. The molecule has 274 valence electrons. The first kappa shape index (κ1) is 38.4. The van der Waals surface area contributed by atoms with Gasteiger partial charge in [0, 0.05) is 55.5 Å². The highest BCUT2D eigenvalue weighted by atomic mass is 35.5. The highest BCUT2D eigenvalue weighted by molar-refractivity contribution is 6.31. The van der Waals surface area contributed by atoms with E-state index < -0.39 is 71.4 Å². The molecule has 2 heterocycles. The molecule has 0 aliphatic rings. The molecule has 4 aromatic carbocycles. The van der Waals surface area contributed by atoms with E-state index in [0.717, 1.165) is 28.4 Å². The number of benzene rings is 4. The number of halogens is 6. The number of aromatic hydroxyl groups is 1. The molecule has 0 bridgehead atoms. The van der Waals surface area contributed by atoms with Gasteiger partial charge in [0.05, 0.1) is 31.0 Å². The number of carbonyl (C=O) groups is 4. The van der Waals surface area contributed by atoms with Crippen LogP contribution in [0.15, 0.2) is 60.7 Å². The second-order valence-corrected chi connectivity index (χ2v) is 12.5. The summed E-state index contributed by atoms with van der Waals surface area (Å²) < 4.78 is 64.3. The Morgan fingerprint density at radius 1 is 0.660 bits per heavy atom. The fourth-order valence-corrected chi connectivity index (χ4v) is 6.25. The molecule has 0 spiro atoms. The minimum absolute atomic E-state index is 0.0115. The van der Waals surface area contributed by atoms with E-state index >= 15 is 0 Å². The molecule has 0 saturated carbocycles. The monoisotopic (exact) mass is 772 g/mol. The second-order valence-electron chi connectivity index (χ2n) is 11.6. The van der Waals surface area contributed by atoms with E-state index in [2.05, 4.69) is 0 Å². The van der Waals surface area contributed by atoms with Gasteiger partial charge in [-0.25, -0.2) is 17.6 Å². The largest absolute Gasteiger partial charge is 0.503 e. The van der Waals surface area contributed by atoms with Crippen LogP contribution in [0.1, 0.15) is 43.2 Å². The van der Waals surface area contributed by atoms with Crippen molar-refractivity contribution in [3.63, 3.8) is 0 Å². The molecule has 0 radical (unpaired) electrons. The van der Waals surface area contributed by atoms with Crippen LogP contribution in [-0.2, 0) is 22.4 Å². The van der Waals surface area contributed by atoms with Crippen LogP contribution in [0.2, 0.25) is 10.0 Å². The van der Waals surface area contributed by atoms with Gasteiger partial charge in [0.2, 0.25) is 0 Å². The minimum atomic E-state index is -1.30. The van der Waals surface area contributed by atoms with Crippen LogP contribution in [0.25, 0.3) is 21.8 Å². The van der Waals surface area contributed by atoms with Gasteiger partial charge in [0.15, 0.2) is 34.8 Å². The number of aromatic nitrogens is 2. The van der Waals surface area contributed by atoms with E-state index in [4.69, 9.17) is 33.0 Å². The standard InChI is InChI=1S/C19H14ClF2NO4.C18H12ClF2NO4/c1-9-12(7-15(24)25)16-14(8-13(21)18(27-2)17(16)22)23(9)19(26)10-3-5-11(20)6-4-10;1-8-11(6-14(23)24)15-13(7-12(20)17(25)16(15)21)22(8)18(26)9-2-4-10(19)5-3-9/h3-6,8H,7H2,1-2H3,(H,24,25);2-5,7,25H,6H2,1H3,(H,23,24). The SMILES string of the molecule is COc1c(F)cc2c(c1F)c(CC(=O)O)c(C)n2C(=O)c1ccc(Cl)cc1.Cc1c(CC(=O)O)c2c(F)c(O)c(F)cc2n1C(=O)c1ccc(Cl)cc1. The molecular formula is C37H26Cl2F4N2O8. The first-order chi connectivity index (χ1) is 25.0. The van der Waals surface area contributed by atoms with Crippen LogP contribution in [0.4, 0.5) is 17.6 Å². The summed E-state index contributed by atoms with van der Waals surface area (Å²) in [5.41, 5.74) is 0.623. The Labute approximate surface area is 307 Å². The lowest BCUT2D eigenvalue weighted by atomic mass is 10.1. The van der Waals surface area contributed by atoms with Crippen LogP contribution in [0.3, 0.4) is 0 Å². The average Bonchev–Trinajstić information content (AvgIpc) is 3.52. The van der Waals surface area contributed by atoms with E-state index in [-0.39, 0.29) is 55.4 Å². The molecule has 0 unspecified atom stereocenters. The molecular weight excluding hydrogens is 747 g/mol. The maximum atomic E-state index is 14.9. The van der Waals surface area contributed by atoms with Gasteiger partial charge in [-0.1, -0.05) is 23.2 Å². The van der Waals surface area contributed by atoms with Crippen molar-refractivity contribution in [1.29, 1.82) is 0 Å². The van der Waals surface area contributed by atoms with Gasteiger partial charge in [-0.3, -0.25) is 28.3 Å². The predicted octanol–water partition coefficient (Wildman–Crippen LogP) is 8.11. The zero-order valence-corrected chi connectivity index (χ0v) is 29.2. The summed E-state index contributed by atoms with van der Waals surface area (Å²) in [4.78, 5) is 48.2. The molecule has 3 N–H and O–H groups in total. The zero-order chi connectivity index (χ0) is 39.0. The maximum absolute atomic E-state index is 14.9. The summed E-state index contributed by atoms with van der Waals surface area (Å²) >= 11 is 11.6. The second kappa shape index (κ2) is 15.0. The number of carboxylic acid groups (broad SMARTS) is 2. The number of methoxy groups -OCH3 is 1. The molecule has 0 aliphatic carbocycles. The molecule has 0 aliphatic heterocycles. The van der Waals surface area contributed by atoms with E-state index in [1.54, 1.807) is 0 Å². The molecule has 0 saturated heterocycles. The van der Waals surface area contributed by atoms with Gasteiger partial charge in [0.25, 0.3) is 11.8 Å². The van der Waals surface area contributed by atoms with E-state index in [1.807, 2.05) is 0 Å². The van der Waals surface area contributed by atoms with E-state index in [9.17, 15) is 47.0 Å². The van der Waals surface area contributed by atoms with Crippen molar-refractivity contribution in [3.8, 4) is 11.5 Å². The summed E-state index contributed by atoms with van der Waals surface area (Å²) in [5.74, 6) is -10.1. The Balaban J connectivity index is 0.000000204. The zero-order valence-electron chi connectivity index (χ0n) is 27.7. The van der Waals surface area contributed by atoms with Crippen LogP contribution in [0.5, 0.6) is 11.5 Å². The molecule has 0 amide bonds. The molecule has 0 fully saturated rings. The molecule has 53 heavy (non-hydrogen) atoms. The number of carboxylic acids is 2. The molecule has 16 heteroatoms. The van der Waals surface area contributed by atoms with E-state index in [0.29, 0.717) is 10.0 Å². The summed E-state index contributed by atoms with van der Waals surface area (Å²) in [6.45, 7) is 2.91. The molecule has 6 aromatic rings.